The summed E-state index contributed by atoms with van der Waals surface area (Å²) in [5.41, 5.74) is 7.11. The summed E-state index contributed by atoms with van der Waals surface area (Å²) < 4.78 is 27.5. The molecule has 6 heteroatoms. The van der Waals surface area contributed by atoms with Crippen molar-refractivity contribution in [2.24, 2.45) is 0 Å². The summed E-state index contributed by atoms with van der Waals surface area (Å²) in [6.45, 7) is 0. The summed E-state index contributed by atoms with van der Waals surface area (Å²) in [5, 5.41) is 7.65. The van der Waals surface area contributed by atoms with E-state index in [1.165, 1.54) is 16.7 Å². The van der Waals surface area contributed by atoms with E-state index >= 15 is 0 Å². The van der Waals surface area contributed by atoms with Crippen molar-refractivity contribution in [2.75, 3.05) is 4.72 Å². The highest BCUT2D eigenvalue weighted by molar-refractivity contribution is 7.92. The van der Waals surface area contributed by atoms with Gasteiger partial charge in [0, 0.05) is 28.8 Å². The lowest BCUT2D eigenvalue weighted by molar-refractivity contribution is 0.601. The predicted octanol–water partition coefficient (Wildman–Crippen LogP) is 4.45. The highest BCUT2D eigenvalue weighted by atomic mass is 32.2. The van der Waals surface area contributed by atoms with Crippen molar-refractivity contribution in [3.8, 4) is 22.5 Å². The van der Waals surface area contributed by atoms with Crippen LogP contribution >= 0.6 is 0 Å². The Bertz CT molecular complexity index is 1260. The molecule has 0 saturated carbocycles. The van der Waals surface area contributed by atoms with Crippen molar-refractivity contribution in [1.82, 2.24) is 10.2 Å². The summed E-state index contributed by atoms with van der Waals surface area (Å²) in [6.07, 6.45) is 0.847. The van der Waals surface area contributed by atoms with Crippen molar-refractivity contribution in [2.45, 2.75) is 11.3 Å². The number of benzene rings is 3. The van der Waals surface area contributed by atoms with Gasteiger partial charge in [-0.25, -0.2) is 8.42 Å². The zero-order valence-corrected chi connectivity index (χ0v) is 15.7. The van der Waals surface area contributed by atoms with Gasteiger partial charge in [0.1, 0.15) is 0 Å². The molecule has 28 heavy (non-hydrogen) atoms. The van der Waals surface area contributed by atoms with Crippen molar-refractivity contribution in [3.63, 3.8) is 0 Å². The van der Waals surface area contributed by atoms with Crippen LogP contribution in [0.5, 0.6) is 0 Å². The lowest BCUT2D eigenvalue weighted by Crippen LogP contribution is -2.12. The molecule has 0 saturated heterocycles. The highest BCUT2D eigenvalue weighted by Crippen LogP contribution is 2.39. The molecule has 2 N–H and O–H groups in total. The molecule has 0 radical (unpaired) electrons. The maximum Gasteiger partial charge on any atom is 0.261 e. The van der Waals surface area contributed by atoms with Gasteiger partial charge in [-0.3, -0.25) is 9.82 Å². The van der Waals surface area contributed by atoms with E-state index in [2.05, 4.69) is 27.1 Å². The normalized spacial score (nSPS) is 12.4. The van der Waals surface area contributed by atoms with E-state index in [1.807, 2.05) is 24.3 Å². The van der Waals surface area contributed by atoms with Crippen molar-refractivity contribution in [3.05, 3.63) is 90.0 Å². The molecule has 1 aliphatic carbocycles. The molecule has 5 rings (SSSR count). The third-order valence-corrected chi connectivity index (χ3v) is 6.38. The second-order valence-corrected chi connectivity index (χ2v) is 8.44. The Balaban J connectivity index is 1.42. The summed E-state index contributed by atoms with van der Waals surface area (Å²) in [6, 6.07) is 24.0. The second-order valence-electron chi connectivity index (χ2n) is 6.76. The van der Waals surface area contributed by atoms with Gasteiger partial charge in [0.2, 0.25) is 0 Å². The number of fused-ring (bicyclic) bond motifs is 3. The number of rotatable bonds is 4. The number of sulfonamides is 1. The average molecular weight is 387 g/mol. The molecule has 0 amide bonds. The highest BCUT2D eigenvalue weighted by Gasteiger charge is 2.24. The molecule has 5 nitrogen and oxygen atoms in total. The lowest BCUT2D eigenvalue weighted by Gasteiger charge is -2.08. The minimum Gasteiger partial charge on any atom is -0.280 e. The zero-order valence-electron chi connectivity index (χ0n) is 14.9. The third kappa shape index (κ3) is 2.78. The van der Waals surface area contributed by atoms with Gasteiger partial charge in [-0.15, -0.1) is 0 Å². The molecule has 0 fully saturated rings. The Kier molecular flexibility index (Phi) is 3.80. The fourth-order valence-corrected chi connectivity index (χ4v) is 4.70. The molecule has 0 bridgehead atoms. The average Bonchev–Trinajstić information content (AvgIpc) is 3.28. The van der Waals surface area contributed by atoms with Gasteiger partial charge in [0.05, 0.1) is 16.3 Å². The van der Waals surface area contributed by atoms with E-state index in [4.69, 9.17) is 0 Å². The van der Waals surface area contributed by atoms with Gasteiger partial charge >= 0.3 is 0 Å². The fraction of sp³-hybridized carbons (Fsp3) is 0.0455. The largest absolute Gasteiger partial charge is 0.280 e. The van der Waals surface area contributed by atoms with E-state index < -0.39 is 10.0 Å². The van der Waals surface area contributed by atoms with Gasteiger partial charge in [-0.2, -0.15) is 5.10 Å². The fourth-order valence-electron chi connectivity index (χ4n) is 3.62. The van der Waals surface area contributed by atoms with Gasteiger partial charge in [-0.1, -0.05) is 54.6 Å². The Morgan fingerprint density at radius 2 is 1.57 bits per heavy atom. The summed E-state index contributed by atoms with van der Waals surface area (Å²) in [4.78, 5) is 0.238. The maximum absolute atomic E-state index is 12.5. The molecule has 1 heterocycles. The molecule has 1 aromatic heterocycles. The van der Waals surface area contributed by atoms with E-state index in [9.17, 15) is 8.42 Å². The molecule has 0 atom stereocenters. The number of aromatic nitrogens is 2. The minimum atomic E-state index is -3.60. The van der Waals surface area contributed by atoms with Crippen LogP contribution in [0.4, 0.5) is 5.69 Å². The van der Waals surface area contributed by atoms with Gasteiger partial charge in [0.25, 0.3) is 10.0 Å². The number of nitrogens with zero attached hydrogens (tertiary/aromatic N) is 1. The van der Waals surface area contributed by atoms with Crippen LogP contribution < -0.4 is 4.72 Å². The van der Waals surface area contributed by atoms with E-state index in [0.29, 0.717) is 5.69 Å². The van der Waals surface area contributed by atoms with Crippen LogP contribution in [0, 0.1) is 0 Å². The lowest BCUT2D eigenvalue weighted by atomic mass is 10.1. The molecular formula is C22H17N3O2S. The molecule has 1 aliphatic rings. The van der Waals surface area contributed by atoms with Crippen LogP contribution in [-0.4, -0.2) is 18.6 Å². The molecule has 0 unspecified atom stereocenters. The molecule has 138 valence electrons. The maximum atomic E-state index is 12.5. The standard InChI is InChI=1S/C22H17N3O2S/c26-28(27,18-7-2-1-3-8-18)25-17-12-10-15(11-13-17)21-20-14-16-6-4-5-9-19(16)22(20)24-23-21/h1-13,25H,14H2,(H,23,24). The minimum absolute atomic E-state index is 0.238. The van der Waals surface area contributed by atoms with Gasteiger partial charge in [0.15, 0.2) is 0 Å². The summed E-state index contributed by atoms with van der Waals surface area (Å²) in [7, 11) is -3.60. The third-order valence-electron chi connectivity index (χ3n) is 4.99. The van der Waals surface area contributed by atoms with Crippen LogP contribution in [0.3, 0.4) is 0 Å². The molecule has 4 aromatic rings. The number of nitrogens with one attached hydrogen (secondary N) is 2. The first kappa shape index (κ1) is 16.8. The van der Waals surface area contributed by atoms with E-state index in [0.717, 1.165) is 23.4 Å². The Labute approximate surface area is 163 Å². The van der Waals surface area contributed by atoms with Gasteiger partial charge < -0.3 is 0 Å². The number of anilines is 1. The summed E-state index contributed by atoms with van der Waals surface area (Å²) in [5.74, 6) is 0. The van der Waals surface area contributed by atoms with E-state index in [-0.39, 0.29) is 4.90 Å². The molecule has 0 aliphatic heterocycles. The van der Waals surface area contributed by atoms with Crippen molar-refractivity contribution < 1.29 is 8.42 Å². The molecular weight excluding hydrogens is 370 g/mol. The number of hydrogen-bond acceptors (Lipinski definition) is 3. The molecule has 0 spiro atoms. The van der Waals surface area contributed by atoms with Crippen LogP contribution in [0.15, 0.2) is 83.8 Å². The Morgan fingerprint density at radius 3 is 2.36 bits per heavy atom. The topological polar surface area (TPSA) is 74.8 Å². The predicted molar refractivity (Wildman–Crippen MR) is 110 cm³/mol. The first-order valence-corrected chi connectivity index (χ1v) is 10.4. The van der Waals surface area contributed by atoms with Crippen LogP contribution in [0.2, 0.25) is 0 Å². The molecule has 3 aromatic carbocycles. The van der Waals surface area contributed by atoms with E-state index in [1.54, 1.807) is 42.5 Å². The number of hydrogen-bond donors (Lipinski definition) is 2. The monoisotopic (exact) mass is 387 g/mol. The Hall–Kier alpha value is -3.38. The van der Waals surface area contributed by atoms with Crippen molar-refractivity contribution >= 4 is 15.7 Å². The van der Waals surface area contributed by atoms with Crippen molar-refractivity contribution in [1.29, 1.82) is 0 Å². The Morgan fingerprint density at radius 1 is 0.857 bits per heavy atom. The van der Waals surface area contributed by atoms with Crippen LogP contribution in [0.1, 0.15) is 11.1 Å². The van der Waals surface area contributed by atoms with Crippen LogP contribution in [0.25, 0.3) is 22.5 Å². The first-order valence-electron chi connectivity index (χ1n) is 8.96. The SMILES string of the molecule is O=S(=O)(Nc1ccc(-c2n[nH]c3c2Cc2ccccc2-3)cc1)c1ccccc1. The van der Waals surface area contributed by atoms with Gasteiger partial charge in [-0.05, 0) is 29.8 Å². The zero-order chi connectivity index (χ0) is 19.1. The van der Waals surface area contributed by atoms with Crippen LogP contribution in [-0.2, 0) is 16.4 Å². The first-order chi connectivity index (χ1) is 13.6. The number of H-pyrrole nitrogens is 1. The smallest absolute Gasteiger partial charge is 0.261 e. The number of aromatic amines is 1. The quantitative estimate of drug-likeness (QED) is 0.478. The second kappa shape index (κ2) is 6.35. The summed E-state index contributed by atoms with van der Waals surface area (Å²) >= 11 is 0.